The van der Waals surface area contributed by atoms with Crippen LogP contribution in [-0.2, 0) is 21.3 Å². The lowest BCUT2D eigenvalue weighted by molar-refractivity contribution is -0.325. The van der Waals surface area contributed by atoms with E-state index in [0.29, 0.717) is 0 Å². The molecule has 1 aromatic heterocycles. The predicted octanol–water partition coefficient (Wildman–Crippen LogP) is 0.684. The average molecular weight is 287 g/mol. The maximum Gasteiger partial charge on any atom is 0.522 e. The zero-order valence-corrected chi connectivity index (χ0v) is 10.5. The highest BCUT2D eigenvalue weighted by Crippen LogP contribution is 2.19. The molecule has 0 saturated carbocycles. The highest BCUT2D eigenvalue weighted by molar-refractivity contribution is 7.89. The largest absolute Gasteiger partial charge is 0.522 e. The number of halogens is 3. The molecular weight excluding hydrogens is 275 g/mol. The topological polar surface area (TPSA) is 87.2 Å². The number of aromatic nitrogens is 2. The molecule has 1 rings (SSSR count). The zero-order valence-electron chi connectivity index (χ0n) is 9.65. The van der Waals surface area contributed by atoms with Gasteiger partial charge in [0, 0.05) is 0 Å². The molecule has 10 heteroatoms. The van der Waals surface area contributed by atoms with Crippen molar-refractivity contribution in [2.45, 2.75) is 31.7 Å². The Kier molecular flexibility index (Phi) is 4.03. The van der Waals surface area contributed by atoms with Crippen molar-refractivity contribution in [2.24, 2.45) is 5.14 Å². The molecule has 18 heavy (non-hydrogen) atoms. The lowest BCUT2D eigenvalue weighted by Gasteiger charge is -2.08. The normalized spacial score (nSPS) is 13.0. The monoisotopic (exact) mass is 287 g/mol. The smallest absolute Gasteiger partial charge is 0.290 e. The molecule has 0 aromatic carbocycles. The lowest BCUT2D eigenvalue weighted by atomic mass is 10.4. The van der Waals surface area contributed by atoms with E-state index >= 15 is 0 Å². The minimum Gasteiger partial charge on any atom is -0.290 e. The molecule has 0 aliphatic heterocycles. The van der Waals surface area contributed by atoms with Crippen molar-refractivity contribution in [1.29, 1.82) is 0 Å². The van der Waals surface area contributed by atoms with Gasteiger partial charge in [-0.2, -0.15) is 5.10 Å². The van der Waals surface area contributed by atoms with E-state index in [0.717, 1.165) is 4.68 Å². The Balaban J connectivity index is 2.88. The molecular formula is C8H12F3N3O3S. The third-order valence-electron chi connectivity index (χ3n) is 2.17. The first kappa shape index (κ1) is 14.9. The maximum atomic E-state index is 11.8. The van der Waals surface area contributed by atoms with Gasteiger partial charge in [0.2, 0.25) is 10.0 Å². The molecule has 0 radical (unpaired) electrons. The fourth-order valence-corrected chi connectivity index (χ4v) is 2.53. The van der Waals surface area contributed by atoms with Gasteiger partial charge in [0.05, 0.1) is 24.5 Å². The number of nitrogens with two attached hydrogens (primary N) is 1. The fraction of sp³-hybridized carbons (Fsp3) is 0.625. The Morgan fingerprint density at radius 2 is 1.94 bits per heavy atom. The Labute approximate surface area is 102 Å². The molecule has 1 aromatic rings. The van der Waals surface area contributed by atoms with Crippen LogP contribution in [0.1, 0.15) is 11.4 Å². The summed E-state index contributed by atoms with van der Waals surface area (Å²) < 4.78 is 62.5. The highest BCUT2D eigenvalue weighted by atomic mass is 32.2. The Hall–Kier alpha value is -1.13. The zero-order chi connectivity index (χ0) is 14.1. The quantitative estimate of drug-likeness (QED) is 0.882. The Bertz CT molecular complexity index is 536. The van der Waals surface area contributed by atoms with Gasteiger partial charge in [-0.3, -0.25) is 9.42 Å². The summed E-state index contributed by atoms with van der Waals surface area (Å²) in [5.41, 5.74) is 0.322. The minimum atomic E-state index is -4.72. The van der Waals surface area contributed by atoms with E-state index < -0.39 is 23.0 Å². The molecule has 0 saturated heterocycles. The van der Waals surface area contributed by atoms with Crippen LogP contribution in [0.4, 0.5) is 13.2 Å². The molecule has 0 amide bonds. The van der Waals surface area contributed by atoms with Gasteiger partial charge in [-0.1, -0.05) is 0 Å². The van der Waals surface area contributed by atoms with Crippen LogP contribution in [0.5, 0.6) is 0 Å². The van der Waals surface area contributed by atoms with Gasteiger partial charge in [-0.25, -0.2) is 13.6 Å². The van der Waals surface area contributed by atoms with Crippen molar-refractivity contribution in [3.63, 3.8) is 0 Å². The Morgan fingerprint density at radius 3 is 2.33 bits per heavy atom. The summed E-state index contributed by atoms with van der Waals surface area (Å²) in [6.45, 7) is 1.94. The molecule has 0 spiro atoms. The first-order valence-corrected chi connectivity index (χ1v) is 6.34. The van der Waals surface area contributed by atoms with E-state index in [9.17, 15) is 21.6 Å². The van der Waals surface area contributed by atoms with Crippen LogP contribution >= 0.6 is 0 Å². The summed E-state index contributed by atoms with van der Waals surface area (Å²) in [5.74, 6) is 0. The lowest BCUT2D eigenvalue weighted by Crippen LogP contribution is -2.19. The van der Waals surface area contributed by atoms with Gasteiger partial charge in [-0.15, -0.1) is 13.2 Å². The fourth-order valence-electron chi connectivity index (χ4n) is 1.56. The van der Waals surface area contributed by atoms with Crippen molar-refractivity contribution in [3.8, 4) is 0 Å². The van der Waals surface area contributed by atoms with Crippen LogP contribution in [0, 0.1) is 13.8 Å². The standard InChI is InChI=1S/C8H12F3N3O3S/c1-5-7(18(12,15)16)6(2)14(13-5)3-4-17-8(9,10)11/h3-4H2,1-2H3,(H2,12,15,16). The summed E-state index contributed by atoms with van der Waals surface area (Å²) in [5, 5.41) is 8.78. The van der Waals surface area contributed by atoms with Gasteiger partial charge >= 0.3 is 6.36 Å². The summed E-state index contributed by atoms with van der Waals surface area (Å²) in [6.07, 6.45) is -4.72. The van der Waals surface area contributed by atoms with E-state index in [2.05, 4.69) is 9.84 Å². The Morgan fingerprint density at radius 1 is 1.39 bits per heavy atom. The summed E-state index contributed by atoms with van der Waals surface area (Å²) in [4.78, 5) is -0.172. The second-order valence-corrected chi connectivity index (χ2v) is 5.06. The van der Waals surface area contributed by atoms with Gasteiger partial charge in [0.15, 0.2) is 0 Å². The van der Waals surface area contributed by atoms with Crippen LogP contribution in [0.3, 0.4) is 0 Å². The van der Waals surface area contributed by atoms with Gasteiger partial charge in [0.25, 0.3) is 0 Å². The van der Waals surface area contributed by atoms with Gasteiger partial charge < -0.3 is 0 Å². The number of primary sulfonamides is 1. The molecule has 0 bridgehead atoms. The third-order valence-corrected chi connectivity index (χ3v) is 3.33. The van der Waals surface area contributed by atoms with E-state index in [1.165, 1.54) is 13.8 Å². The number of aryl methyl sites for hydroxylation is 1. The number of sulfonamides is 1. The van der Waals surface area contributed by atoms with Crippen LogP contribution in [0.25, 0.3) is 0 Å². The molecule has 2 N–H and O–H groups in total. The van der Waals surface area contributed by atoms with Gasteiger partial charge in [-0.05, 0) is 13.8 Å². The van der Waals surface area contributed by atoms with Crippen LogP contribution in [-0.4, -0.2) is 31.2 Å². The highest BCUT2D eigenvalue weighted by Gasteiger charge is 2.29. The molecule has 0 fully saturated rings. The molecule has 0 aliphatic rings. The van der Waals surface area contributed by atoms with Crippen LogP contribution < -0.4 is 5.14 Å². The first-order valence-electron chi connectivity index (χ1n) is 4.80. The van der Waals surface area contributed by atoms with E-state index in [4.69, 9.17) is 5.14 Å². The molecule has 0 atom stereocenters. The molecule has 6 nitrogen and oxygen atoms in total. The van der Waals surface area contributed by atoms with Crippen LogP contribution in [0.2, 0.25) is 0 Å². The van der Waals surface area contributed by atoms with E-state index in [1.54, 1.807) is 0 Å². The third kappa shape index (κ3) is 3.68. The first-order chi connectivity index (χ1) is 8.02. The SMILES string of the molecule is Cc1nn(CCOC(F)(F)F)c(C)c1S(N)(=O)=O. The number of rotatable bonds is 4. The van der Waals surface area contributed by atoms with Crippen molar-refractivity contribution < 1.29 is 26.3 Å². The summed E-state index contributed by atoms with van der Waals surface area (Å²) in [7, 11) is -3.94. The van der Waals surface area contributed by atoms with E-state index in [1.807, 2.05) is 0 Å². The van der Waals surface area contributed by atoms with Crippen molar-refractivity contribution in [2.75, 3.05) is 6.61 Å². The van der Waals surface area contributed by atoms with Gasteiger partial charge in [0.1, 0.15) is 4.90 Å². The number of nitrogens with zero attached hydrogens (tertiary/aromatic N) is 2. The number of hydrogen-bond donors (Lipinski definition) is 1. The summed E-state index contributed by atoms with van der Waals surface area (Å²) in [6, 6.07) is 0. The predicted molar refractivity (Wildman–Crippen MR) is 55.1 cm³/mol. The molecule has 1 heterocycles. The number of ether oxygens (including phenoxy) is 1. The maximum absolute atomic E-state index is 11.8. The second-order valence-electron chi connectivity index (χ2n) is 3.56. The minimum absolute atomic E-state index is 0.141. The molecule has 104 valence electrons. The van der Waals surface area contributed by atoms with E-state index in [-0.39, 0.29) is 22.8 Å². The van der Waals surface area contributed by atoms with Crippen molar-refractivity contribution in [3.05, 3.63) is 11.4 Å². The number of hydrogen-bond acceptors (Lipinski definition) is 4. The second kappa shape index (κ2) is 4.86. The molecule has 0 unspecified atom stereocenters. The average Bonchev–Trinajstić information content (AvgIpc) is 2.38. The van der Waals surface area contributed by atoms with Crippen LogP contribution in [0.15, 0.2) is 4.90 Å². The summed E-state index contributed by atoms with van der Waals surface area (Å²) >= 11 is 0. The van der Waals surface area contributed by atoms with Crippen molar-refractivity contribution >= 4 is 10.0 Å². The van der Waals surface area contributed by atoms with Crippen molar-refractivity contribution in [1.82, 2.24) is 9.78 Å². The molecule has 0 aliphatic carbocycles. The number of alkyl halides is 3.